The standard InChI is InChI=1S/C19H33N/c1-5-8-12-18(7-3)19(20-13-6-2)15-17-11-9-10-16(4)14-17/h9-11,14,18-20H,5-8,12-13,15H2,1-4H3. The van der Waals surface area contributed by atoms with E-state index in [-0.39, 0.29) is 0 Å². The van der Waals surface area contributed by atoms with Gasteiger partial charge in [0.15, 0.2) is 0 Å². The lowest BCUT2D eigenvalue weighted by Gasteiger charge is -2.28. The predicted molar refractivity (Wildman–Crippen MR) is 90.3 cm³/mol. The molecule has 0 aliphatic rings. The summed E-state index contributed by atoms with van der Waals surface area (Å²) in [7, 11) is 0. The Morgan fingerprint density at radius 3 is 2.50 bits per heavy atom. The number of hydrogen-bond donors (Lipinski definition) is 1. The zero-order chi connectivity index (χ0) is 14.8. The van der Waals surface area contributed by atoms with Crippen LogP contribution >= 0.6 is 0 Å². The van der Waals surface area contributed by atoms with Crippen LogP contribution in [-0.2, 0) is 6.42 Å². The molecule has 0 aliphatic heterocycles. The number of aryl methyl sites for hydroxylation is 1. The summed E-state index contributed by atoms with van der Waals surface area (Å²) in [5.41, 5.74) is 2.85. The van der Waals surface area contributed by atoms with Crippen LogP contribution in [0.5, 0.6) is 0 Å². The third kappa shape index (κ3) is 6.09. The fourth-order valence-electron chi connectivity index (χ4n) is 2.98. The van der Waals surface area contributed by atoms with Crippen molar-refractivity contribution in [3.63, 3.8) is 0 Å². The maximum atomic E-state index is 3.80. The van der Waals surface area contributed by atoms with Gasteiger partial charge in [-0.05, 0) is 44.2 Å². The Bertz CT molecular complexity index is 359. The molecule has 0 heterocycles. The van der Waals surface area contributed by atoms with Crippen molar-refractivity contribution in [1.82, 2.24) is 5.32 Å². The Morgan fingerprint density at radius 2 is 1.90 bits per heavy atom. The molecule has 0 aliphatic carbocycles. The molecule has 2 unspecified atom stereocenters. The monoisotopic (exact) mass is 275 g/mol. The van der Waals surface area contributed by atoms with Gasteiger partial charge in [0.2, 0.25) is 0 Å². The van der Waals surface area contributed by atoms with Gasteiger partial charge in [0.1, 0.15) is 0 Å². The Kier molecular flexibility index (Phi) is 8.60. The summed E-state index contributed by atoms with van der Waals surface area (Å²) in [6.45, 7) is 10.2. The molecule has 1 N–H and O–H groups in total. The minimum Gasteiger partial charge on any atom is -0.313 e. The summed E-state index contributed by atoms with van der Waals surface area (Å²) in [5, 5.41) is 3.80. The van der Waals surface area contributed by atoms with Gasteiger partial charge in [-0.25, -0.2) is 0 Å². The van der Waals surface area contributed by atoms with Crippen molar-refractivity contribution in [3.05, 3.63) is 35.4 Å². The maximum Gasteiger partial charge on any atom is 0.0136 e. The zero-order valence-corrected chi connectivity index (χ0v) is 13.9. The number of nitrogens with one attached hydrogen (secondary N) is 1. The molecule has 1 nitrogen and oxygen atoms in total. The molecule has 2 atom stereocenters. The summed E-state index contributed by atoms with van der Waals surface area (Å²) in [5.74, 6) is 0.807. The van der Waals surface area contributed by atoms with E-state index >= 15 is 0 Å². The van der Waals surface area contributed by atoms with Gasteiger partial charge in [0.25, 0.3) is 0 Å². The lowest BCUT2D eigenvalue weighted by Crippen LogP contribution is -2.38. The summed E-state index contributed by atoms with van der Waals surface area (Å²) in [4.78, 5) is 0. The first kappa shape index (κ1) is 17.2. The van der Waals surface area contributed by atoms with Gasteiger partial charge < -0.3 is 5.32 Å². The molecule has 0 fully saturated rings. The maximum absolute atomic E-state index is 3.80. The van der Waals surface area contributed by atoms with E-state index in [4.69, 9.17) is 0 Å². The van der Waals surface area contributed by atoms with Gasteiger partial charge in [-0.1, -0.05) is 69.9 Å². The molecule has 1 heteroatoms. The summed E-state index contributed by atoms with van der Waals surface area (Å²) in [6.07, 6.45) is 7.70. The van der Waals surface area contributed by atoms with Gasteiger partial charge in [-0.3, -0.25) is 0 Å². The van der Waals surface area contributed by atoms with E-state index in [1.807, 2.05) is 0 Å². The highest BCUT2D eigenvalue weighted by Gasteiger charge is 2.19. The largest absolute Gasteiger partial charge is 0.313 e. The Balaban J connectivity index is 2.70. The summed E-state index contributed by atoms with van der Waals surface area (Å²) < 4.78 is 0. The first-order chi connectivity index (χ1) is 9.71. The molecular formula is C19H33N. The van der Waals surface area contributed by atoms with Crippen molar-refractivity contribution in [2.75, 3.05) is 6.54 Å². The molecule has 0 saturated carbocycles. The third-order valence-electron chi connectivity index (χ3n) is 4.22. The van der Waals surface area contributed by atoms with E-state index in [9.17, 15) is 0 Å². The van der Waals surface area contributed by atoms with Crippen LogP contribution in [0, 0.1) is 12.8 Å². The van der Waals surface area contributed by atoms with Gasteiger partial charge >= 0.3 is 0 Å². The minimum atomic E-state index is 0.633. The van der Waals surface area contributed by atoms with E-state index in [1.165, 1.54) is 49.7 Å². The van der Waals surface area contributed by atoms with Gasteiger partial charge in [-0.15, -0.1) is 0 Å². The van der Waals surface area contributed by atoms with Gasteiger partial charge in [0.05, 0.1) is 0 Å². The summed E-state index contributed by atoms with van der Waals surface area (Å²) >= 11 is 0. The van der Waals surface area contributed by atoms with Crippen molar-refractivity contribution < 1.29 is 0 Å². The van der Waals surface area contributed by atoms with Crippen LogP contribution in [0.3, 0.4) is 0 Å². The lowest BCUT2D eigenvalue weighted by atomic mass is 9.87. The number of rotatable bonds is 10. The molecule has 20 heavy (non-hydrogen) atoms. The third-order valence-corrected chi connectivity index (χ3v) is 4.22. The van der Waals surface area contributed by atoms with Crippen LogP contribution in [0.1, 0.15) is 64.0 Å². The number of benzene rings is 1. The number of hydrogen-bond acceptors (Lipinski definition) is 1. The predicted octanol–water partition coefficient (Wildman–Crippen LogP) is 5.12. The fourth-order valence-corrected chi connectivity index (χ4v) is 2.98. The Morgan fingerprint density at radius 1 is 1.10 bits per heavy atom. The molecule has 114 valence electrons. The minimum absolute atomic E-state index is 0.633. The van der Waals surface area contributed by atoms with E-state index in [1.54, 1.807) is 0 Å². The molecular weight excluding hydrogens is 242 g/mol. The zero-order valence-electron chi connectivity index (χ0n) is 13.9. The van der Waals surface area contributed by atoms with E-state index in [0.717, 1.165) is 12.5 Å². The molecule has 0 bridgehead atoms. The molecule has 1 rings (SSSR count). The second-order valence-electron chi connectivity index (χ2n) is 6.06. The quantitative estimate of drug-likeness (QED) is 0.625. The van der Waals surface area contributed by atoms with E-state index in [2.05, 4.69) is 57.3 Å². The summed E-state index contributed by atoms with van der Waals surface area (Å²) in [6, 6.07) is 9.63. The normalized spacial score (nSPS) is 14.2. The highest BCUT2D eigenvalue weighted by atomic mass is 14.9. The topological polar surface area (TPSA) is 12.0 Å². The SMILES string of the molecule is CCCCC(CC)C(Cc1cccc(C)c1)NCCC. The van der Waals surface area contributed by atoms with E-state index < -0.39 is 0 Å². The van der Waals surface area contributed by atoms with Crippen LogP contribution in [0.25, 0.3) is 0 Å². The second kappa shape index (κ2) is 9.99. The highest BCUT2D eigenvalue weighted by Crippen LogP contribution is 2.21. The molecule has 1 aromatic rings. The molecule has 0 amide bonds. The molecule has 0 aromatic heterocycles. The number of unbranched alkanes of at least 4 members (excludes halogenated alkanes) is 1. The van der Waals surface area contributed by atoms with Gasteiger partial charge in [-0.2, -0.15) is 0 Å². The lowest BCUT2D eigenvalue weighted by molar-refractivity contribution is 0.315. The highest BCUT2D eigenvalue weighted by molar-refractivity contribution is 5.23. The first-order valence-corrected chi connectivity index (χ1v) is 8.50. The van der Waals surface area contributed by atoms with Crippen molar-refractivity contribution in [2.24, 2.45) is 5.92 Å². The van der Waals surface area contributed by atoms with Crippen molar-refractivity contribution in [3.8, 4) is 0 Å². The molecule has 0 spiro atoms. The van der Waals surface area contributed by atoms with Crippen molar-refractivity contribution >= 4 is 0 Å². The fraction of sp³-hybridized carbons (Fsp3) is 0.684. The van der Waals surface area contributed by atoms with Crippen molar-refractivity contribution in [1.29, 1.82) is 0 Å². The van der Waals surface area contributed by atoms with Crippen LogP contribution in [0.2, 0.25) is 0 Å². The molecule has 1 aromatic carbocycles. The van der Waals surface area contributed by atoms with Crippen molar-refractivity contribution in [2.45, 2.75) is 72.3 Å². The Hall–Kier alpha value is -0.820. The van der Waals surface area contributed by atoms with Crippen LogP contribution in [0.4, 0.5) is 0 Å². The van der Waals surface area contributed by atoms with Crippen LogP contribution in [0.15, 0.2) is 24.3 Å². The van der Waals surface area contributed by atoms with E-state index in [0.29, 0.717) is 6.04 Å². The molecule has 0 radical (unpaired) electrons. The average Bonchev–Trinajstić information content (AvgIpc) is 2.45. The molecule has 0 saturated heterocycles. The first-order valence-electron chi connectivity index (χ1n) is 8.50. The second-order valence-corrected chi connectivity index (χ2v) is 6.06. The Labute approximate surface area is 126 Å². The van der Waals surface area contributed by atoms with Crippen LogP contribution in [-0.4, -0.2) is 12.6 Å². The smallest absolute Gasteiger partial charge is 0.0136 e. The van der Waals surface area contributed by atoms with Gasteiger partial charge in [0, 0.05) is 6.04 Å². The average molecular weight is 275 g/mol. The van der Waals surface area contributed by atoms with Crippen LogP contribution < -0.4 is 5.32 Å².